The molecule has 57 heavy (non-hydrogen) atoms. The number of hydrogen-bond donors (Lipinski definition) is 0. The summed E-state index contributed by atoms with van der Waals surface area (Å²) in [5.74, 6) is 1.74. The van der Waals surface area contributed by atoms with Crippen molar-refractivity contribution in [1.29, 1.82) is 0 Å². The standard InChI is InChI=1S/C51H30N4O2/c1-3-14-31(15-4-1)34-21-13-22-39-47-44(57-48(34)39)29-28-42-46(47)37-19-7-10-23-40(37)55(42)41-24-11-8-20-38(41)51-53-49(32-16-5-2-6-17-32)52-50(54-51)33-26-27-36-35-18-9-12-25-43(35)56-45(36)30-33/h1-30H. The minimum atomic E-state index is 0.569. The lowest BCUT2D eigenvalue weighted by Crippen LogP contribution is -2.03. The van der Waals surface area contributed by atoms with Crippen molar-refractivity contribution < 1.29 is 8.83 Å². The molecule has 12 rings (SSSR count). The zero-order valence-electron chi connectivity index (χ0n) is 30.4. The molecular formula is C51H30N4O2. The Morgan fingerprint density at radius 1 is 0.351 bits per heavy atom. The maximum atomic E-state index is 6.71. The van der Waals surface area contributed by atoms with E-state index in [1.54, 1.807) is 0 Å². The van der Waals surface area contributed by atoms with Crippen LogP contribution in [0, 0.1) is 0 Å². The van der Waals surface area contributed by atoms with Crippen LogP contribution in [0.5, 0.6) is 0 Å². The molecule has 0 saturated carbocycles. The third kappa shape index (κ3) is 4.87. The van der Waals surface area contributed by atoms with Crippen molar-refractivity contribution in [3.05, 3.63) is 182 Å². The second-order valence-electron chi connectivity index (χ2n) is 14.3. The summed E-state index contributed by atoms with van der Waals surface area (Å²) in [6, 6.07) is 62.5. The van der Waals surface area contributed by atoms with Gasteiger partial charge in [0, 0.05) is 54.6 Å². The number of aromatic nitrogens is 4. The van der Waals surface area contributed by atoms with Crippen molar-refractivity contribution in [3.63, 3.8) is 0 Å². The Balaban J connectivity index is 1.10. The number of fused-ring (bicyclic) bond motifs is 10. The second-order valence-corrected chi connectivity index (χ2v) is 14.3. The molecule has 0 spiro atoms. The molecule has 0 aliphatic carbocycles. The van der Waals surface area contributed by atoms with Crippen molar-refractivity contribution >= 4 is 65.7 Å². The highest BCUT2D eigenvalue weighted by Crippen LogP contribution is 2.44. The maximum absolute atomic E-state index is 6.71. The van der Waals surface area contributed by atoms with E-state index in [0.29, 0.717) is 17.5 Å². The zero-order chi connectivity index (χ0) is 37.5. The third-order valence-electron chi connectivity index (χ3n) is 11.1. The molecule has 0 amide bonds. The van der Waals surface area contributed by atoms with Crippen molar-refractivity contribution in [1.82, 2.24) is 19.5 Å². The molecule has 266 valence electrons. The number of rotatable bonds is 5. The molecule has 0 aliphatic rings. The fourth-order valence-corrected chi connectivity index (χ4v) is 8.52. The number of para-hydroxylation sites is 4. The molecule has 0 saturated heterocycles. The van der Waals surface area contributed by atoms with Gasteiger partial charge >= 0.3 is 0 Å². The van der Waals surface area contributed by atoms with Crippen LogP contribution in [-0.4, -0.2) is 19.5 Å². The van der Waals surface area contributed by atoms with E-state index in [-0.39, 0.29) is 0 Å². The highest BCUT2D eigenvalue weighted by Gasteiger charge is 2.23. The second kappa shape index (κ2) is 12.3. The minimum Gasteiger partial charge on any atom is -0.456 e. The summed E-state index contributed by atoms with van der Waals surface area (Å²) in [5, 5.41) is 6.60. The molecule has 6 nitrogen and oxygen atoms in total. The summed E-state index contributed by atoms with van der Waals surface area (Å²) in [5.41, 5.74) is 11.3. The zero-order valence-corrected chi connectivity index (χ0v) is 30.4. The highest BCUT2D eigenvalue weighted by molar-refractivity contribution is 6.28. The molecule has 0 radical (unpaired) electrons. The summed E-state index contributed by atoms with van der Waals surface area (Å²) < 4.78 is 15.3. The monoisotopic (exact) mass is 730 g/mol. The first-order valence-electron chi connectivity index (χ1n) is 19.0. The minimum absolute atomic E-state index is 0.569. The molecule has 0 unspecified atom stereocenters. The van der Waals surface area contributed by atoms with Gasteiger partial charge in [-0.25, -0.2) is 15.0 Å². The molecule has 6 heteroatoms. The summed E-state index contributed by atoms with van der Waals surface area (Å²) in [7, 11) is 0. The van der Waals surface area contributed by atoms with Gasteiger partial charge in [-0.15, -0.1) is 0 Å². The Morgan fingerprint density at radius 3 is 1.86 bits per heavy atom. The molecule has 0 fully saturated rings. The normalized spacial score (nSPS) is 11.9. The summed E-state index contributed by atoms with van der Waals surface area (Å²) in [4.78, 5) is 15.5. The smallest absolute Gasteiger partial charge is 0.166 e. The largest absolute Gasteiger partial charge is 0.456 e. The van der Waals surface area contributed by atoms with E-state index in [9.17, 15) is 0 Å². The number of furan rings is 2. The van der Waals surface area contributed by atoms with Gasteiger partial charge in [-0.2, -0.15) is 0 Å². The lowest BCUT2D eigenvalue weighted by Gasteiger charge is -2.14. The van der Waals surface area contributed by atoms with Gasteiger partial charge in [-0.3, -0.25) is 0 Å². The highest BCUT2D eigenvalue weighted by atomic mass is 16.3. The van der Waals surface area contributed by atoms with E-state index in [2.05, 4.69) is 120 Å². The van der Waals surface area contributed by atoms with Crippen LogP contribution in [0.3, 0.4) is 0 Å². The Hall–Kier alpha value is -7.83. The molecule has 0 bridgehead atoms. The maximum Gasteiger partial charge on any atom is 0.166 e. The van der Waals surface area contributed by atoms with Gasteiger partial charge in [0.2, 0.25) is 0 Å². The topological polar surface area (TPSA) is 69.9 Å². The van der Waals surface area contributed by atoms with Gasteiger partial charge in [0.05, 0.1) is 16.7 Å². The van der Waals surface area contributed by atoms with E-state index in [4.69, 9.17) is 23.8 Å². The van der Waals surface area contributed by atoms with Crippen LogP contribution in [0.1, 0.15) is 0 Å². The van der Waals surface area contributed by atoms with Crippen molar-refractivity contribution in [2.45, 2.75) is 0 Å². The average Bonchev–Trinajstić information content (AvgIpc) is 3.96. The van der Waals surface area contributed by atoms with E-state index in [0.717, 1.165) is 99.2 Å². The molecular weight excluding hydrogens is 701 g/mol. The molecule has 0 atom stereocenters. The molecule has 12 aromatic rings. The van der Waals surface area contributed by atoms with Gasteiger partial charge in [-0.1, -0.05) is 133 Å². The average molecular weight is 731 g/mol. The van der Waals surface area contributed by atoms with Gasteiger partial charge in [0.1, 0.15) is 22.3 Å². The summed E-state index contributed by atoms with van der Waals surface area (Å²) in [6.45, 7) is 0. The predicted molar refractivity (Wildman–Crippen MR) is 230 cm³/mol. The molecule has 8 aromatic carbocycles. The lowest BCUT2D eigenvalue weighted by molar-refractivity contribution is 0.669. The third-order valence-corrected chi connectivity index (χ3v) is 11.1. The van der Waals surface area contributed by atoms with E-state index >= 15 is 0 Å². The molecule has 4 heterocycles. The van der Waals surface area contributed by atoms with Crippen LogP contribution in [0.2, 0.25) is 0 Å². The Bertz CT molecular complexity index is 3530. The van der Waals surface area contributed by atoms with Crippen LogP contribution in [0.25, 0.3) is 117 Å². The van der Waals surface area contributed by atoms with Crippen molar-refractivity contribution in [2.75, 3.05) is 0 Å². The van der Waals surface area contributed by atoms with E-state index < -0.39 is 0 Å². The lowest BCUT2D eigenvalue weighted by atomic mass is 10.0. The SMILES string of the molecule is c1ccc(-c2nc(-c3ccc4c(c3)oc3ccccc34)nc(-c3ccccc3-n3c4ccccc4c4c5c(ccc43)oc3c(-c4ccccc4)cccc35)n2)cc1. The van der Waals surface area contributed by atoms with Crippen molar-refractivity contribution in [2.24, 2.45) is 0 Å². The fraction of sp³-hybridized carbons (Fsp3) is 0. The van der Waals surface area contributed by atoms with Gasteiger partial charge in [0.25, 0.3) is 0 Å². The molecule has 4 aromatic heterocycles. The predicted octanol–water partition coefficient (Wildman–Crippen LogP) is 13.4. The summed E-state index contributed by atoms with van der Waals surface area (Å²) >= 11 is 0. The van der Waals surface area contributed by atoms with Crippen LogP contribution < -0.4 is 0 Å². The number of benzene rings is 8. The van der Waals surface area contributed by atoms with E-state index in [1.165, 1.54) is 0 Å². The Labute approximate surface area is 325 Å². The van der Waals surface area contributed by atoms with Gasteiger partial charge < -0.3 is 13.4 Å². The van der Waals surface area contributed by atoms with Crippen LogP contribution in [0.4, 0.5) is 0 Å². The van der Waals surface area contributed by atoms with Crippen LogP contribution >= 0.6 is 0 Å². The summed E-state index contributed by atoms with van der Waals surface area (Å²) in [6.07, 6.45) is 0. The quantitative estimate of drug-likeness (QED) is 0.176. The van der Waals surface area contributed by atoms with E-state index in [1.807, 2.05) is 66.7 Å². The van der Waals surface area contributed by atoms with Gasteiger partial charge in [0.15, 0.2) is 17.5 Å². The van der Waals surface area contributed by atoms with Crippen LogP contribution in [-0.2, 0) is 0 Å². The Morgan fingerprint density at radius 2 is 1.00 bits per heavy atom. The first-order valence-corrected chi connectivity index (χ1v) is 19.0. The Kier molecular flexibility index (Phi) is 6.83. The first kappa shape index (κ1) is 31.5. The van der Waals surface area contributed by atoms with Gasteiger partial charge in [-0.05, 0) is 54.1 Å². The molecule has 0 N–H and O–H groups in total. The first-order chi connectivity index (χ1) is 28.3. The molecule has 0 aliphatic heterocycles. The van der Waals surface area contributed by atoms with Crippen LogP contribution in [0.15, 0.2) is 191 Å². The van der Waals surface area contributed by atoms with Crippen molar-refractivity contribution in [3.8, 4) is 51.0 Å². The number of hydrogen-bond acceptors (Lipinski definition) is 5. The fourth-order valence-electron chi connectivity index (χ4n) is 8.52. The number of nitrogens with zero attached hydrogens (tertiary/aromatic N) is 4.